The number of hydrogen-bond acceptors (Lipinski definition) is 7. The van der Waals surface area contributed by atoms with Gasteiger partial charge in [-0.15, -0.1) is 6.58 Å². The summed E-state index contributed by atoms with van der Waals surface area (Å²) in [6.45, 7) is 14.8. The molecule has 1 aromatic rings. The quantitative estimate of drug-likeness (QED) is 0.132. The standard InChI is InChI=1S/C33H49N5O7/c1-8-13-24(27(40)30(42)34-16-9-2)36-29(41)25-17-23(21(3)4)19-38(25)31(43)28(33(5,6)7)37-32(44)35-18-26(39)45-20-22-14-11-10-12-15-22/h9-12,14-15,21,23-25,28H,2,8,13,16-20H2,1,3-7H3,(H,34,42)(H,36,41)(H2,35,37,44)/t23-,24?,25+,28?/m1/s1. The van der Waals surface area contributed by atoms with E-state index < -0.39 is 65.6 Å². The lowest BCUT2D eigenvalue weighted by molar-refractivity contribution is -0.144. The summed E-state index contributed by atoms with van der Waals surface area (Å²) in [6, 6.07) is 5.38. The molecule has 0 aromatic heterocycles. The fraction of sp³-hybridized carbons (Fsp3) is 0.576. The second kappa shape index (κ2) is 17.3. The van der Waals surface area contributed by atoms with Crippen LogP contribution in [-0.2, 0) is 35.3 Å². The Morgan fingerprint density at radius 2 is 1.71 bits per heavy atom. The van der Waals surface area contributed by atoms with Crippen LogP contribution in [0, 0.1) is 17.3 Å². The monoisotopic (exact) mass is 627 g/mol. The van der Waals surface area contributed by atoms with Crippen molar-refractivity contribution in [2.24, 2.45) is 17.3 Å². The molecule has 1 saturated heterocycles. The second-order valence-corrected chi connectivity index (χ2v) is 12.7. The average molecular weight is 628 g/mol. The summed E-state index contributed by atoms with van der Waals surface area (Å²) in [5, 5.41) is 10.3. The van der Waals surface area contributed by atoms with Crippen LogP contribution in [0.4, 0.5) is 4.79 Å². The van der Waals surface area contributed by atoms with Gasteiger partial charge in [-0.25, -0.2) is 4.79 Å². The molecule has 1 fully saturated rings. The Morgan fingerprint density at radius 1 is 1.04 bits per heavy atom. The second-order valence-electron chi connectivity index (χ2n) is 12.7. The number of benzene rings is 1. The van der Waals surface area contributed by atoms with E-state index in [1.54, 1.807) is 20.8 Å². The molecule has 12 heteroatoms. The van der Waals surface area contributed by atoms with E-state index >= 15 is 0 Å². The maximum atomic E-state index is 14.1. The number of likely N-dealkylation sites (tertiary alicyclic amines) is 1. The molecule has 2 rings (SSSR count). The van der Waals surface area contributed by atoms with E-state index in [-0.39, 0.29) is 38.0 Å². The van der Waals surface area contributed by atoms with Crippen molar-refractivity contribution in [1.29, 1.82) is 0 Å². The van der Waals surface area contributed by atoms with Gasteiger partial charge < -0.3 is 30.9 Å². The normalized spacial score (nSPS) is 17.5. The fourth-order valence-electron chi connectivity index (χ4n) is 5.02. The highest BCUT2D eigenvalue weighted by Gasteiger charge is 2.46. The van der Waals surface area contributed by atoms with Gasteiger partial charge in [0.05, 0.1) is 6.04 Å². The van der Waals surface area contributed by atoms with Crippen molar-refractivity contribution in [1.82, 2.24) is 26.2 Å². The van der Waals surface area contributed by atoms with Gasteiger partial charge in [0.25, 0.3) is 5.91 Å². The third-order valence-electron chi connectivity index (χ3n) is 7.73. The van der Waals surface area contributed by atoms with Crippen molar-refractivity contribution in [2.45, 2.75) is 85.5 Å². The Kier molecular flexibility index (Phi) is 14.2. The van der Waals surface area contributed by atoms with Gasteiger partial charge >= 0.3 is 12.0 Å². The lowest BCUT2D eigenvalue weighted by atomic mass is 9.85. The number of ether oxygens (including phenoxy) is 1. The van der Waals surface area contributed by atoms with Gasteiger partial charge in [0, 0.05) is 13.1 Å². The molecule has 0 saturated carbocycles. The Balaban J connectivity index is 2.15. The van der Waals surface area contributed by atoms with E-state index in [0.717, 1.165) is 5.56 Å². The minimum Gasteiger partial charge on any atom is -0.460 e. The van der Waals surface area contributed by atoms with Gasteiger partial charge in [-0.05, 0) is 35.7 Å². The number of hydrogen-bond donors (Lipinski definition) is 4. The van der Waals surface area contributed by atoms with Gasteiger partial charge in [-0.2, -0.15) is 0 Å². The first-order chi connectivity index (χ1) is 21.2. The summed E-state index contributed by atoms with van der Waals surface area (Å²) in [7, 11) is 0. The summed E-state index contributed by atoms with van der Waals surface area (Å²) >= 11 is 0. The average Bonchev–Trinajstić information content (AvgIpc) is 3.46. The number of rotatable bonds is 15. The first-order valence-corrected chi connectivity index (χ1v) is 15.5. The van der Waals surface area contributed by atoms with Gasteiger partial charge in [0.2, 0.25) is 17.6 Å². The minimum absolute atomic E-state index is 0.00486. The van der Waals surface area contributed by atoms with Crippen LogP contribution in [0.5, 0.6) is 0 Å². The Bertz CT molecular complexity index is 1210. The SMILES string of the molecule is C=CCNC(=O)C(=O)C(CCC)NC(=O)[C@@H]1C[C@@H](C(C)C)CN1C(=O)C(NC(=O)NCC(=O)OCc1ccccc1)C(C)(C)C. The third kappa shape index (κ3) is 11.3. The van der Waals surface area contributed by atoms with E-state index in [2.05, 4.69) is 27.8 Å². The molecule has 2 unspecified atom stereocenters. The molecule has 45 heavy (non-hydrogen) atoms. The van der Waals surface area contributed by atoms with Crippen molar-refractivity contribution >= 4 is 35.5 Å². The number of amides is 5. The largest absolute Gasteiger partial charge is 0.460 e. The zero-order valence-corrected chi connectivity index (χ0v) is 27.3. The molecular formula is C33H49N5O7. The molecule has 1 heterocycles. The number of nitrogens with one attached hydrogen (secondary N) is 4. The topological polar surface area (TPSA) is 163 Å². The molecule has 0 aliphatic carbocycles. The number of carbonyl (C=O) groups is 6. The Morgan fingerprint density at radius 3 is 2.29 bits per heavy atom. The minimum atomic E-state index is -1.05. The Labute approximate surface area is 266 Å². The first-order valence-electron chi connectivity index (χ1n) is 15.5. The van der Waals surface area contributed by atoms with Gasteiger partial charge in [0.1, 0.15) is 25.2 Å². The van der Waals surface area contributed by atoms with Crippen LogP contribution in [-0.4, -0.2) is 78.2 Å². The lowest BCUT2D eigenvalue weighted by Gasteiger charge is -2.35. The zero-order chi connectivity index (χ0) is 33.7. The highest BCUT2D eigenvalue weighted by Crippen LogP contribution is 2.32. The third-order valence-corrected chi connectivity index (χ3v) is 7.73. The molecule has 1 aromatic carbocycles. The molecule has 1 aliphatic rings. The summed E-state index contributed by atoms with van der Waals surface area (Å²) in [6.07, 6.45) is 2.60. The van der Waals surface area contributed by atoms with Crippen LogP contribution in [0.3, 0.4) is 0 Å². The van der Waals surface area contributed by atoms with Crippen molar-refractivity contribution < 1.29 is 33.5 Å². The van der Waals surface area contributed by atoms with Crippen LogP contribution >= 0.6 is 0 Å². The predicted molar refractivity (Wildman–Crippen MR) is 170 cm³/mol. The summed E-state index contributed by atoms with van der Waals surface area (Å²) in [5.74, 6) is -3.07. The molecule has 4 N–H and O–H groups in total. The number of ketones is 1. The van der Waals surface area contributed by atoms with Crippen molar-refractivity contribution in [2.75, 3.05) is 19.6 Å². The highest BCUT2D eigenvalue weighted by atomic mass is 16.5. The van der Waals surface area contributed by atoms with Crippen molar-refractivity contribution in [3.8, 4) is 0 Å². The maximum absolute atomic E-state index is 14.1. The molecule has 0 radical (unpaired) electrons. The molecule has 12 nitrogen and oxygen atoms in total. The molecule has 0 spiro atoms. The van der Waals surface area contributed by atoms with Crippen molar-refractivity contribution in [3.05, 3.63) is 48.6 Å². The van der Waals surface area contributed by atoms with E-state index in [4.69, 9.17) is 4.74 Å². The van der Waals surface area contributed by atoms with Gasteiger partial charge in [-0.3, -0.25) is 24.0 Å². The maximum Gasteiger partial charge on any atom is 0.325 e. The Hall–Kier alpha value is -4.22. The predicted octanol–water partition coefficient (Wildman–Crippen LogP) is 2.47. The van der Waals surface area contributed by atoms with Crippen molar-refractivity contribution in [3.63, 3.8) is 0 Å². The van der Waals surface area contributed by atoms with Crippen LogP contribution in [0.2, 0.25) is 0 Å². The smallest absolute Gasteiger partial charge is 0.325 e. The van der Waals surface area contributed by atoms with E-state index in [1.165, 1.54) is 11.0 Å². The van der Waals surface area contributed by atoms with Crippen LogP contribution in [0.15, 0.2) is 43.0 Å². The molecule has 1 aliphatic heterocycles. The summed E-state index contributed by atoms with van der Waals surface area (Å²) in [5.41, 5.74) is 0.0438. The first kappa shape index (κ1) is 37.0. The number of esters is 1. The lowest BCUT2D eigenvalue weighted by Crippen LogP contribution is -2.60. The number of carbonyl (C=O) groups excluding carboxylic acids is 6. The number of urea groups is 1. The number of Topliss-reactive ketones (excluding diaryl/α,β-unsaturated/α-hetero) is 1. The van der Waals surface area contributed by atoms with Crippen LogP contribution < -0.4 is 21.3 Å². The summed E-state index contributed by atoms with van der Waals surface area (Å²) < 4.78 is 5.20. The molecule has 5 amide bonds. The van der Waals surface area contributed by atoms with E-state index in [9.17, 15) is 28.8 Å². The number of nitrogens with zero attached hydrogens (tertiary/aromatic N) is 1. The molecular weight excluding hydrogens is 578 g/mol. The van der Waals surface area contributed by atoms with Gasteiger partial charge in [-0.1, -0.05) is 84.4 Å². The molecule has 0 bridgehead atoms. The highest BCUT2D eigenvalue weighted by molar-refractivity contribution is 6.38. The molecule has 248 valence electrons. The summed E-state index contributed by atoms with van der Waals surface area (Å²) in [4.78, 5) is 79.4. The van der Waals surface area contributed by atoms with E-state index in [1.807, 2.05) is 51.1 Å². The van der Waals surface area contributed by atoms with E-state index in [0.29, 0.717) is 12.8 Å². The van der Waals surface area contributed by atoms with Crippen LogP contribution in [0.1, 0.15) is 66.4 Å². The zero-order valence-electron chi connectivity index (χ0n) is 27.3. The van der Waals surface area contributed by atoms with Gasteiger partial charge in [0.15, 0.2) is 0 Å². The van der Waals surface area contributed by atoms with Crippen LogP contribution in [0.25, 0.3) is 0 Å². The molecule has 4 atom stereocenters. The fourth-order valence-corrected chi connectivity index (χ4v) is 5.02.